The van der Waals surface area contributed by atoms with E-state index in [2.05, 4.69) is 15.7 Å². The molecule has 9 heteroatoms. The number of aromatic nitrogens is 3. The summed E-state index contributed by atoms with van der Waals surface area (Å²) in [6.07, 6.45) is 2.92. The van der Waals surface area contributed by atoms with Gasteiger partial charge in [-0.1, -0.05) is 6.92 Å². The topological polar surface area (TPSA) is 99.4 Å². The molecule has 2 N–H and O–H groups in total. The monoisotopic (exact) mass is 389 g/mol. The highest BCUT2D eigenvalue weighted by molar-refractivity contribution is 5.91. The fraction of sp³-hybridized carbons (Fsp3) is 0.526. The smallest absolute Gasteiger partial charge is 0.345 e. The van der Waals surface area contributed by atoms with Gasteiger partial charge in [0.15, 0.2) is 0 Å². The summed E-state index contributed by atoms with van der Waals surface area (Å²) in [6, 6.07) is 4.84. The highest BCUT2D eigenvalue weighted by Gasteiger charge is 2.22. The van der Waals surface area contributed by atoms with Gasteiger partial charge in [0.05, 0.1) is 19.9 Å². The van der Waals surface area contributed by atoms with Crippen LogP contribution in [0.25, 0.3) is 0 Å². The maximum absolute atomic E-state index is 12.5. The molecule has 9 nitrogen and oxygen atoms in total. The minimum atomic E-state index is -0.320. The lowest BCUT2D eigenvalue weighted by molar-refractivity contribution is 0.246. The third-order valence-electron chi connectivity index (χ3n) is 4.84. The van der Waals surface area contributed by atoms with E-state index in [4.69, 9.17) is 9.47 Å². The molecule has 1 atom stereocenters. The van der Waals surface area contributed by atoms with E-state index in [-0.39, 0.29) is 17.8 Å². The predicted molar refractivity (Wildman–Crippen MR) is 105 cm³/mol. The van der Waals surface area contributed by atoms with Crippen LogP contribution >= 0.6 is 0 Å². The van der Waals surface area contributed by atoms with Gasteiger partial charge in [-0.15, -0.1) is 0 Å². The normalized spacial score (nSPS) is 16.0. The summed E-state index contributed by atoms with van der Waals surface area (Å²) in [7, 11) is 3.11. The van der Waals surface area contributed by atoms with Crippen LogP contribution in [0.5, 0.6) is 11.5 Å². The van der Waals surface area contributed by atoms with Gasteiger partial charge in [-0.25, -0.2) is 14.3 Å². The van der Waals surface area contributed by atoms with Gasteiger partial charge in [-0.2, -0.15) is 5.10 Å². The molecule has 28 heavy (non-hydrogen) atoms. The molecule has 0 bridgehead atoms. The Hall–Kier alpha value is -2.97. The molecule has 1 aliphatic rings. The Balaban J connectivity index is 1.62. The van der Waals surface area contributed by atoms with Crippen molar-refractivity contribution in [2.45, 2.75) is 51.7 Å². The van der Waals surface area contributed by atoms with Gasteiger partial charge in [-0.05, 0) is 31.4 Å². The third kappa shape index (κ3) is 4.29. The summed E-state index contributed by atoms with van der Waals surface area (Å²) < 4.78 is 13.7. The van der Waals surface area contributed by atoms with Gasteiger partial charge < -0.3 is 20.1 Å². The van der Waals surface area contributed by atoms with Crippen LogP contribution in [0.4, 0.5) is 10.5 Å². The molecule has 1 aromatic heterocycles. The maximum atomic E-state index is 12.5. The molecule has 0 saturated heterocycles. The molecule has 0 spiro atoms. The van der Waals surface area contributed by atoms with Crippen LogP contribution in [0.3, 0.4) is 0 Å². The van der Waals surface area contributed by atoms with Crippen LogP contribution in [-0.4, -0.2) is 40.6 Å². The number of benzene rings is 1. The van der Waals surface area contributed by atoms with Gasteiger partial charge in [-0.3, -0.25) is 4.57 Å². The summed E-state index contributed by atoms with van der Waals surface area (Å²) >= 11 is 0. The lowest BCUT2D eigenvalue weighted by atomic mass is 10.1. The molecule has 1 aliphatic heterocycles. The molecule has 2 aromatic rings. The number of fused-ring (bicyclic) bond motifs is 1. The van der Waals surface area contributed by atoms with Crippen molar-refractivity contribution in [3.05, 3.63) is 34.5 Å². The Morgan fingerprint density at radius 1 is 1.29 bits per heavy atom. The van der Waals surface area contributed by atoms with Gasteiger partial charge in [0.2, 0.25) is 0 Å². The van der Waals surface area contributed by atoms with Crippen molar-refractivity contribution in [3.63, 3.8) is 0 Å². The summed E-state index contributed by atoms with van der Waals surface area (Å²) in [5.74, 6) is 1.96. The Labute approximate surface area is 163 Å². The number of carbonyl (C=O) groups is 1. The number of nitrogens with zero attached hydrogens (tertiary/aromatic N) is 3. The third-order valence-corrected chi connectivity index (χ3v) is 4.84. The molecule has 152 valence electrons. The van der Waals surface area contributed by atoms with Crippen LogP contribution in [0.2, 0.25) is 0 Å². The fourth-order valence-electron chi connectivity index (χ4n) is 3.39. The molecule has 0 fully saturated rings. The second-order valence-corrected chi connectivity index (χ2v) is 6.76. The number of amides is 2. The van der Waals surface area contributed by atoms with E-state index < -0.39 is 0 Å². The van der Waals surface area contributed by atoms with Gasteiger partial charge in [0.1, 0.15) is 17.3 Å². The molecule has 3 rings (SSSR count). The van der Waals surface area contributed by atoms with E-state index >= 15 is 0 Å². The van der Waals surface area contributed by atoms with Crippen LogP contribution in [0.15, 0.2) is 23.0 Å². The number of methoxy groups -OCH3 is 2. The molecule has 0 saturated carbocycles. The Kier molecular flexibility index (Phi) is 6.23. The number of hydrogen-bond acceptors (Lipinski definition) is 5. The fourth-order valence-corrected chi connectivity index (χ4v) is 3.39. The van der Waals surface area contributed by atoms with Crippen molar-refractivity contribution in [1.29, 1.82) is 0 Å². The average Bonchev–Trinajstić information content (AvgIpc) is 2.85. The number of carbonyl (C=O) groups excluding carboxylic acids is 1. The number of ether oxygens (including phenoxy) is 2. The quantitative estimate of drug-likeness (QED) is 0.787. The largest absolute Gasteiger partial charge is 0.497 e. The Morgan fingerprint density at radius 2 is 2.11 bits per heavy atom. The first kappa shape index (κ1) is 19.8. The molecule has 1 unspecified atom stereocenters. The average molecular weight is 389 g/mol. The zero-order chi connectivity index (χ0) is 20.1. The van der Waals surface area contributed by atoms with Crippen molar-refractivity contribution in [2.75, 3.05) is 19.5 Å². The summed E-state index contributed by atoms with van der Waals surface area (Å²) in [5.41, 5.74) is 0.464. The molecule has 0 aliphatic carbocycles. The molecule has 2 heterocycles. The Morgan fingerprint density at radius 3 is 2.82 bits per heavy atom. The van der Waals surface area contributed by atoms with E-state index in [9.17, 15) is 9.59 Å². The van der Waals surface area contributed by atoms with Gasteiger partial charge in [0.25, 0.3) is 0 Å². The zero-order valence-corrected chi connectivity index (χ0v) is 16.5. The first-order valence-corrected chi connectivity index (χ1v) is 9.51. The first-order chi connectivity index (χ1) is 13.5. The van der Waals surface area contributed by atoms with Crippen molar-refractivity contribution >= 4 is 11.7 Å². The summed E-state index contributed by atoms with van der Waals surface area (Å²) in [5, 5.41) is 10.2. The number of hydrogen-bond donors (Lipinski definition) is 2. The first-order valence-electron chi connectivity index (χ1n) is 9.51. The van der Waals surface area contributed by atoms with E-state index in [0.29, 0.717) is 43.1 Å². The number of rotatable bonds is 6. The number of nitrogens with one attached hydrogen (secondary N) is 2. The highest BCUT2D eigenvalue weighted by atomic mass is 16.5. The highest BCUT2D eigenvalue weighted by Crippen LogP contribution is 2.28. The van der Waals surface area contributed by atoms with E-state index in [1.54, 1.807) is 37.0 Å². The lowest BCUT2D eigenvalue weighted by Crippen LogP contribution is -2.38. The van der Waals surface area contributed by atoms with Crippen molar-refractivity contribution in [1.82, 2.24) is 19.7 Å². The maximum Gasteiger partial charge on any atom is 0.345 e. The van der Waals surface area contributed by atoms with Crippen molar-refractivity contribution in [3.8, 4) is 11.5 Å². The summed E-state index contributed by atoms with van der Waals surface area (Å²) in [4.78, 5) is 24.9. The minimum absolute atomic E-state index is 0.0441. The predicted octanol–water partition coefficient (Wildman–Crippen LogP) is 2.00. The molecular weight excluding hydrogens is 362 g/mol. The molecule has 1 aromatic carbocycles. The SMILES string of the molecule is CCCn1nc2n(c1=O)CCC(NC(=O)Nc1cc(OC)ccc1OC)CC2. The molecular formula is C19H27N5O4. The van der Waals surface area contributed by atoms with E-state index in [1.165, 1.54) is 4.68 Å². The van der Waals surface area contributed by atoms with Crippen LogP contribution in [0.1, 0.15) is 32.0 Å². The number of urea groups is 1. The summed E-state index contributed by atoms with van der Waals surface area (Å²) in [6.45, 7) is 3.20. The van der Waals surface area contributed by atoms with E-state index in [0.717, 1.165) is 18.7 Å². The second-order valence-electron chi connectivity index (χ2n) is 6.76. The van der Waals surface area contributed by atoms with Crippen molar-refractivity contribution in [2.24, 2.45) is 0 Å². The number of aryl methyl sites for hydroxylation is 2. The van der Waals surface area contributed by atoms with Crippen molar-refractivity contribution < 1.29 is 14.3 Å². The minimum Gasteiger partial charge on any atom is -0.497 e. The van der Waals surface area contributed by atoms with E-state index in [1.807, 2.05) is 6.92 Å². The van der Waals surface area contributed by atoms with Crippen LogP contribution < -0.4 is 25.8 Å². The Bertz CT molecular complexity index is 889. The van der Waals surface area contributed by atoms with Crippen LogP contribution in [0, 0.1) is 0 Å². The standard InChI is InChI=1S/C19H27N5O4/c1-4-10-24-19(26)23-11-9-13(5-8-17(23)22-24)20-18(25)21-15-12-14(27-2)6-7-16(15)28-3/h6-7,12-13H,4-5,8-11H2,1-3H3,(H2,20,21,25). The lowest BCUT2D eigenvalue weighted by Gasteiger charge is -2.18. The van der Waals surface area contributed by atoms with Gasteiger partial charge in [0, 0.05) is 31.6 Å². The zero-order valence-electron chi connectivity index (χ0n) is 16.5. The molecule has 0 radical (unpaired) electrons. The number of anilines is 1. The second kappa shape index (κ2) is 8.81. The van der Waals surface area contributed by atoms with Gasteiger partial charge >= 0.3 is 11.7 Å². The molecule has 2 amide bonds. The van der Waals surface area contributed by atoms with Crippen LogP contribution in [-0.2, 0) is 19.5 Å².